The smallest absolute Gasteiger partial charge is 1.00 e. The average Bonchev–Trinajstić information content (AvgIpc) is 1.88. The van der Waals surface area contributed by atoms with E-state index in [0.717, 1.165) is 0 Å². The van der Waals surface area contributed by atoms with Gasteiger partial charge < -0.3 is 41.5 Å². The molecule has 0 aliphatic rings. The molecule has 1 aromatic heterocycles. The first kappa shape index (κ1) is 29.3. The molecule has 0 unspecified atom stereocenters. The number of aliphatic carboxylic acids is 1. The number of carbonyl (C=O) groups is 1. The number of hydrogen-bond donors (Lipinski definition) is 2. The van der Waals surface area contributed by atoms with Gasteiger partial charge in [0.25, 0.3) is 0 Å². The summed E-state index contributed by atoms with van der Waals surface area (Å²) in [5.41, 5.74) is 0.593. The van der Waals surface area contributed by atoms with Gasteiger partial charge in [-0.3, -0.25) is 9.78 Å². The van der Waals surface area contributed by atoms with E-state index in [0.29, 0.717) is 5.69 Å². The molecule has 0 saturated carbocycles. The Bertz CT molecular complexity index is 239. The minimum Gasteiger partial charge on any atom is -1.00 e. The second kappa shape index (κ2) is 16.2. The standard InChI is InChI=1S/C7H7NO2.2ClH.H3N.H2O.Pt/c9-7(10)5-6-3-1-2-4-8-6;;;;;/h1-4H,5H2,(H,9,10);2*1H;1H3;1H2;/q;;;;;+2/p-2. The number of carboxylic acids is 1. The predicted molar refractivity (Wildman–Crippen MR) is 44.2 cm³/mol. The van der Waals surface area contributed by atoms with Gasteiger partial charge in [0.15, 0.2) is 0 Å². The molecular weight excluding hydrogens is 426 g/mol. The molecule has 0 amide bonds. The molecular formula is C7H12Cl2N2O3Pt. The van der Waals surface area contributed by atoms with E-state index in [1.165, 1.54) is 0 Å². The van der Waals surface area contributed by atoms with Gasteiger partial charge in [-0.2, -0.15) is 0 Å². The summed E-state index contributed by atoms with van der Waals surface area (Å²) in [6.07, 6.45) is 1.58. The molecule has 0 saturated heterocycles. The van der Waals surface area contributed by atoms with Crippen LogP contribution in [0.5, 0.6) is 0 Å². The Morgan fingerprint density at radius 3 is 2.20 bits per heavy atom. The van der Waals surface area contributed by atoms with Crippen LogP contribution in [-0.2, 0) is 32.3 Å². The molecule has 0 atom stereocenters. The summed E-state index contributed by atoms with van der Waals surface area (Å²) in [5, 5.41) is 8.33. The molecule has 0 bridgehead atoms. The number of nitrogens with zero attached hydrogens (tertiary/aromatic N) is 1. The zero-order valence-electron chi connectivity index (χ0n) is 7.60. The van der Waals surface area contributed by atoms with Crippen LogP contribution in [0.15, 0.2) is 24.4 Å². The molecule has 15 heavy (non-hydrogen) atoms. The first-order valence-electron chi connectivity index (χ1n) is 2.91. The molecule has 92 valence electrons. The molecule has 1 rings (SSSR count). The van der Waals surface area contributed by atoms with Crippen LogP contribution in [0, 0.1) is 0 Å². The summed E-state index contributed by atoms with van der Waals surface area (Å²) in [5.74, 6) is -0.848. The van der Waals surface area contributed by atoms with Crippen molar-refractivity contribution in [2.75, 3.05) is 0 Å². The van der Waals surface area contributed by atoms with Crippen LogP contribution in [-0.4, -0.2) is 21.5 Å². The van der Waals surface area contributed by atoms with Crippen LogP contribution in [0.2, 0.25) is 0 Å². The molecule has 0 radical (unpaired) electrons. The van der Waals surface area contributed by atoms with Gasteiger partial charge in [0.2, 0.25) is 0 Å². The van der Waals surface area contributed by atoms with Crippen LogP contribution < -0.4 is 31.0 Å². The van der Waals surface area contributed by atoms with Crippen molar-refractivity contribution in [3.8, 4) is 0 Å². The fourth-order valence-corrected chi connectivity index (χ4v) is 0.658. The van der Waals surface area contributed by atoms with E-state index in [4.69, 9.17) is 5.11 Å². The molecule has 0 aliphatic heterocycles. The first-order chi connectivity index (χ1) is 4.79. The number of aromatic nitrogens is 1. The molecule has 0 aromatic carbocycles. The molecule has 1 heterocycles. The Morgan fingerprint density at radius 1 is 1.33 bits per heavy atom. The van der Waals surface area contributed by atoms with Gasteiger partial charge in [-0.05, 0) is 12.1 Å². The van der Waals surface area contributed by atoms with Crippen LogP contribution in [0.3, 0.4) is 0 Å². The molecule has 0 spiro atoms. The van der Waals surface area contributed by atoms with Crippen molar-refractivity contribution < 1.29 is 61.3 Å². The van der Waals surface area contributed by atoms with Crippen LogP contribution in [0.4, 0.5) is 0 Å². The molecule has 5 nitrogen and oxygen atoms in total. The fourth-order valence-electron chi connectivity index (χ4n) is 0.658. The zero-order valence-corrected chi connectivity index (χ0v) is 11.4. The topological polar surface area (TPSA) is 117 Å². The Hall–Kier alpha value is -0.192. The summed E-state index contributed by atoms with van der Waals surface area (Å²) in [6.45, 7) is 0. The molecule has 1 aromatic rings. The van der Waals surface area contributed by atoms with Gasteiger partial charge in [-0.15, -0.1) is 0 Å². The van der Waals surface area contributed by atoms with Crippen LogP contribution >= 0.6 is 0 Å². The number of carboxylic acid groups (broad SMARTS) is 1. The van der Waals surface area contributed by atoms with Gasteiger partial charge in [0.05, 0.1) is 12.1 Å². The zero-order chi connectivity index (χ0) is 7.40. The van der Waals surface area contributed by atoms with Crippen LogP contribution in [0.25, 0.3) is 0 Å². The Labute approximate surface area is 115 Å². The number of rotatable bonds is 2. The van der Waals surface area contributed by atoms with Gasteiger partial charge in [-0.1, -0.05) is 6.07 Å². The quantitative estimate of drug-likeness (QED) is 0.479. The Morgan fingerprint density at radius 2 is 1.87 bits per heavy atom. The molecule has 0 aliphatic carbocycles. The SMILES string of the molecule is N.O.O=C(O)Cc1ccccn1.[Cl-].[Cl-].[Pt+2]. The minimum absolute atomic E-state index is 0. The largest absolute Gasteiger partial charge is 2.00 e. The van der Waals surface area contributed by atoms with E-state index in [2.05, 4.69) is 4.98 Å². The van der Waals surface area contributed by atoms with Crippen molar-refractivity contribution in [3.05, 3.63) is 30.1 Å². The maximum atomic E-state index is 10.1. The van der Waals surface area contributed by atoms with E-state index in [1.807, 2.05) is 0 Å². The first-order valence-corrected chi connectivity index (χ1v) is 2.91. The van der Waals surface area contributed by atoms with Gasteiger partial charge in [-0.25, -0.2) is 0 Å². The normalized spacial score (nSPS) is 6.13. The van der Waals surface area contributed by atoms with Crippen LogP contribution in [0.1, 0.15) is 5.69 Å². The van der Waals surface area contributed by atoms with Crippen molar-refractivity contribution in [3.63, 3.8) is 0 Å². The van der Waals surface area contributed by atoms with E-state index >= 15 is 0 Å². The third kappa shape index (κ3) is 13.8. The van der Waals surface area contributed by atoms with Crippen molar-refractivity contribution in [1.29, 1.82) is 0 Å². The van der Waals surface area contributed by atoms with E-state index in [9.17, 15) is 4.79 Å². The average molecular weight is 438 g/mol. The van der Waals surface area contributed by atoms with Gasteiger partial charge in [0, 0.05) is 6.20 Å². The fraction of sp³-hybridized carbons (Fsp3) is 0.143. The predicted octanol–water partition coefficient (Wildman–Crippen LogP) is -5.95. The van der Waals surface area contributed by atoms with Crippen molar-refractivity contribution in [1.82, 2.24) is 11.1 Å². The van der Waals surface area contributed by atoms with E-state index in [1.54, 1.807) is 24.4 Å². The van der Waals surface area contributed by atoms with E-state index in [-0.39, 0.29) is 63.9 Å². The summed E-state index contributed by atoms with van der Waals surface area (Å²) in [7, 11) is 0. The maximum Gasteiger partial charge on any atom is 2.00 e. The van der Waals surface area contributed by atoms with Gasteiger partial charge >= 0.3 is 27.0 Å². The van der Waals surface area contributed by atoms with Crippen molar-refractivity contribution in [2.45, 2.75) is 6.42 Å². The third-order valence-corrected chi connectivity index (χ3v) is 1.06. The summed E-state index contributed by atoms with van der Waals surface area (Å²) in [6, 6.07) is 5.21. The second-order valence-electron chi connectivity index (χ2n) is 1.89. The molecule has 8 heteroatoms. The Balaban J connectivity index is -0.0000000667. The number of halogens is 2. The maximum absolute atomic E-state index is 10.1. The third-order valence-electron chi connectivity index (χ3n) is 1.06. The minimum atomic E-state index is -0.848. The number of hydrogen-bond acceptors (Lipinski definition) is 3. The summed E-state index contributed by atoms with van der Waals surface area (Å²) >= 11 is 0. The number of pyridine rings is 1. The van der Waals surface area contributed by atoms with Crippen molar-refractivity contribution >= 4 is 5.97 Å². The summed E-state index contributed by atoms with van der Waals surface area (Å²) < 4.78 is 0. The monoisotopic (exact) mass is 437 g/mol. The van der Waals surface area contributed by atoms with E-state index < -0.39 is 5.97 Å². The van der Waals surface area contributed by atoms with Gasteiger partial charge in [0.1, 0.15) is 0 Å². The Kier molecular flexibility index (Phi) is 31.8. The second-order valence-corrected chi connectivity index (χ2v) is 1.89. The summed E-state index contributed by atoms with van der Waals surface area (Å²) in [4.78, 5) is 14.0. The molecule has 6 N–H and O–H groups in total. The molecule has 0 fully saturated rings. The van der Waals surface area contributed by atoms with Crippen molar-refractivity contribution in [2.24, 2.45) is 0 Å².